The van der Waals surface area contributed by atoms with Crippen molar-refractivity contribution in [1.82, 2.24) is 0 Å². The highest BCUT2D eigenvalue weighted by atomic mass is 32.3. The molecule has 5 nitrogen and oxygen atoms in total. The van der Waals surface area contributed by atoms with Crippen LogP contribution in [0.2, 0.25) is 0 Å². The van der Waals surface area contributed by atoms with Crippen LogP contribution in [0, 0.1) is 0 Å². The van der Waals surface area contributed by atoms with E-state index in [4.69, 9.17) is 4.55 Å². The Kier molecular flexibility index (Phi) is 9.30. The van der Waals surface area contributed by atoms with Gasteiger partial charge in [0.15, 0.2) is 0 Å². The smallest absolute Gasteiger partial charge is 0.300 e. The van der Waals surface area contributed by atoms with Gasteiger partial charge >= 0.3 is 10.4 Å². The number of hydrogen-bond acceptors (Lipinski definition) is 4. The maximum atomic E-state index is 11.3. The Balaban J connectivity index is 3.26. The van der Waals surface area contributed by atoms with E-state index in [9.17, 15) is 13.2 Å². The van der Waals surface area contributed by atoms with Crippen molar-refractivity contribution >= 4 is 16.2 Å². The molecule has 0 aromatic carbocycles. The predicted molar refractivity (Wildman–Crippen MR) is 65.1 cm³/mol. The Labute approximate surface area is 104 Å². The van der Waals surface area contributed by atoms with Crippen LogP contribution < -0.4 is 0 Å². The first-order valence-corrected chi connectivity index (χ1v) is 7.45. The van der Waals surface area contributed by atoms with Crippen molar-refractivity contribution in [3.05, 3.63) is 0 Å². The first-order valence-electron chi connectivity index (χ1n) is 6.09. The molecule has 0 rings (SSSR count). The summed E-state index contributed by atoms with van der Waals surface area (Å²) >= 11 is 0. The topological polar surface area (TPSA) is 80.7 Å². The Bertz CT molecular complexity index is 297. The third-order valence-corrected chi connectivity index (χ3v) is 2.86. The number of carbonyl (C=O) groups is 1. The zero-order valence-corrected chi connectivity index (χ0v) is 11.2. The van der Waals surface area contributed by atoms with Crippen LogP contribution in [0.4, 0.5) is 0 Å². The minimum Gasteiger partial charge on any atom is -0.300 e. The van der Waals surface area contributed by atoms with Crippen molar-refractivity contribution in [3.63, 3.8) is 0 Å². The molecule has 0 aliphatic rings. The van der Waals surface area contributed by atoms with E-state index in [-0.39, 0.29) is 6.61 Å². The number of carbonyl (C=O) groups excluding carboxylic acids is 1. The fourth-order valence-corrected chi connectivity index (χ4v) is 1.77. The Morgan fingerprint density at radius 3 is 2.24 bits per heavy atom. The average Bonchev–Trinajstić information content (AvgIpc) is 2.23. The highest BCUT2D eigenvalue weighted by molar-refractivity contribution is 7.80. The zero-order chi connectivity index (χ0) is 13.1. The molecule has 0 bridgehead atoms. The number of rotatable bonds is 11. The summed E-state index contributed by atoms with van der Waals surface area (Å²) < 4.78 is 32.8. The van der Waals surface area contributed by atoms with Crippen LogP contribution >= 0.6 is 0 Å². The molecule has 0 spiro atoms. The summed E-state index contributed by atoms with van der Waals surface area (Å²) in [5.74, 6) is 0.307. The second-order valence-corrected chi connectivity index (χ2v) is 5.15. The lowest BCUT2D eigenvalue weighted by Crippen LogP contribution is -2.04. The molecule has 0 saturated heterocycles. The number of unbranched alkanes of at least 4 members (excludes halogenated alkanes) is 4. The highest BCUT2D eigenvalue weighted by Gasteiger charge is 2.03. The van der Waals surface area contributed by atoms with E-state index >= 15 is 0 Å². The van der Waals surface area contributed by atoms with Gasteiger partial charge in [0, 0.05) is 12.8 Å². The van der Waals surface area contributed by atoms with Crippen LogP contribution in [0.1, 0.15) is 58.3 Å². The molecular weight excluding hydrogens is 244 g/mol. The summed E-state index contributed by atoms with van der Waals surface area (Å²) in [6.07, 6.45) is 6.38. The molecule has 0 amide bonds. The quantitative estimate of drug-likeness (QED) is 0.459. The Morgan fingerprint density at radius 2 is 1.65 bits per heavy atom. The maximum Gasteiger partial charge on any atom is 0.397 e. The van der Waals surface area contributed by atoms with Gasteiger partial charge in [0.05, 0.1) is 6.61 Å². The number of hydrogen-bond donors (Lipinski definition) is 1. The van der Waals surface area contributed by atoms with Crippen molar-refractivity contribution in [2.24, 2.45) is 0 Å². The summed E-state index contributed by atoms with van der Waals surface area (Å²) in [7, 11) is -4.29. The Morgan fingerprint density at radius 1 is 1.06 bits per heavy atom. The summed E-state index contributed by atoms with van der Waals surface area (Å²) in [6, 6.07) is 0. The molecule has 102 valence electrons. The van der Waals surface area contributed by atoms with E-state index in [0.29, 0.717) is 25.0 Å². The van der Waals surface area contributed by atoms with Crippen molar-refractivity contribution < 1.29 is 21.9 Å². The maximum absolute atomic E-state index is 11.3. The van der Waals surface area contributed by atoms with Crippen molar-refractivity contribution in [2.45, 2.75) is 58.3 Å². The normalized spacial score (nSPS) is 11.6. The molecule has 0 heterocycles. The van der Waals surface area contributed by atoms with E-state index in [1.807, 2.05) is 0 Å². The predicted octanol–water partition coefficient (Wildman–Crippen LogP) is 2.52. The van der Waals surface area contributed by atoms with E-state index in [2.05, 4.69) is 11.1 Å². The van der Waals surface area contributed by atoms with Gasteiger partial charge in [0.25, 0.3) is 0 Å². The highest BCUT2D eigenvalue weighted by Crippen LogP contribution is 2.07. The lowest BCUT2D eigenvalue weighted by atomic mass is 10.1. The first-order chi connectivity index (χ1) is 7.95. The van der Waals surface area contributed by atoms with Gasteiger partial charge in [0.1, 0.15) is 5.78 Å². The minimum atomic E-state index is -4.29. The van der Waals surface area contributed by atoms with Crippen LogP contribution in [0.15, 0.2) is 0 Å². The van der Waals surface area contributed by atoms with E-state index < -0.39 is 10.4 Å². The van der Waals surface area contributed by atoms with E-state index in [1.165, 1.54) is 0 Å². The fraction of sp³-hybridized carbons (Fsp3) is 0.909. The molecule has 0 aliphatic heterocycles. The average molecular weight is 266 g/mol. The minimum absolute atomic E-state index is 0.00259. The van der Waals surface area contributed by atoms with Crippen molar-refractivity contribution in [1.29, 1.82) is 0 Å². The SMILES string of the molecule is CCCCC(=O)CCCCCCOS(=O)(=O)O. The van der Waals surface area contributed by atoms with Gasteiger partial charge in [-0.3, -0.25) is 9.35 Å². The molecule has 0 aromatic heterocycles. The molecule has 0 aromatic rings. The van der Waals surface area contributed by atoms with Gasteiger partial charge in [-0.15, -0.1) is 0 Å². The van der Waals surface area contributed by atoms with Crippen LogP contribution in [-0.4, -0.2) is 25.4 Å². The monoisotopic (exact) mass is 266 g/mol. The van der Waals surface area contributed by atoms with Crippen LogP contribution in [0.3, 0.4) is 0 Å². The summed E-state index contributed by atoms with van der Waals surface area (Å²) in [4.78, 5) is 11.3. The first kappa shape index (κ1) is 16.5. The van der Waals surface area contributed by atoms with Crippen LogP contribution in [-0.2, 0) is 19.4 Å². The summed E-state index contributed by atoms with van der Waals surface area (Å²) in [5.41, 5.74) is 0. The van der Waals surface area contributed by atoms with Gasteiger partial charge in [0.2, 0.25) is 0 Å². The molecule has 17 heavy (non-hydrogen) atoms. The third-order valence-electron chi connectivity index (χ3n) is 2.39. The molecule has 0 fully saturated rings. The molecule has 0 radical (unpaired) electrons. The lowest BCUT2D eigenvalue weighted by Gasteiger charge is -2.01. The van der Waals surface area contributed by atoms with Crippen LogP contribution in [0.25, 0.3) is 0 Å². The molecular formula is C11H22O5S. The van der Waals surface area contributed by atoms with Gasteiger partial charge < -0.3 is 0 Å². The zero-order valence-electron chi connectivity index (χ0n) is 10.4. The number of Topliss-reactive ketones (excluding diaryl/α,β-unsaturated/α-hetero) is 1. The number of ketones is 1. The summed E-state index contributed by atoms with van der Waals surface area (Å²) in [5, 5.41) is 0. The Hall–Kier alpha value is -0.460. The van der Waals surface area contributed by atoms with E-state index in [1.54, 1.807) is 0 Å². The molecule has 0 unspecified atom stereocenters. The summed E-state index contributed by atoms with van der Waals surface area (Å²) in [6.45, 7) is 2.06. The fourth-order valence-electron chi connectivity index (χ4n) is 1.44. The molecule has 0 aliphatic carbocycles. The second kappa shape index (κ2) is 9.56. The third kappa shape index (κ3) is 13.5. The van der Waals surface area contributed by atoms with Crippen LogP contribution in [0.5, 0.6) is 0 Å². The molecule has 1 N–H and O–H groups in total. The van der Waals surface area contributed by atoms with Gasteiger partial charge in [-0.2, -0.15) is 8.42 Å². The second-order valence-electron chi connectivity index (χ2n) is 4.06. The largest absolute Gasteiger partial charge is 0.397 e. The molecule has 0 saturated carbocycles. The van der Waals surface area contributed by atoms with E-state index in [0.717, 1.165) is 32.1 Å². The van der Waals surface area contributed by atoms with Gasteiger partial charge in [-0.1, -0.05) is 26.2 Å². The van der Waals surface area contributed by atoms with Crippen molar-refractivity contribution in [2.75, 3.05) is 6.61 Å². The van der Waals surface area contributed by atoms with Gasteiger partial charge in [-0.05, 0) is 19.3 Å². The van der Waals surface area contributed by atoms with Gasteiger partial charge in [-0.25, -0.2) is 4.18 Å². The standard InChI is InChI=1S/C11H22O5S/c1-2-3-8-11(12)9-6-4-5-7-10-16-17(13,14)15/h2-10H2,1H3,(H,13,14,15). The molecule has 0 atom stereocenters. The molecule has 6 heteroatoms. The van der Waals surface area contributed by atoms with Crippen molar-refractivity contribution in [3.8, 4) is 0 Å². The lowest BCUT2D eigenvalue weighted by molar-refractivity contribution is -0.119.